The van der Waals surface area contributed by atoms with Crippen LogP contribution in [0, 0.1) is 0 Å². The second kappa shape index (κ2) is 10.3. The van der Waals surface area contributed by atoms with Gasteiger partial charge < -0.3 is 9.42 Å². The van der Waals surface area contributed by atoms with Crippen molar-refractivity contribution in [2.75, 3.05) is 45.8 Å². The number of hydrogen-bond donors (Lipinski definition) is 0. The Morgan fingerprint density at radius 3 is 2.34 bits per heavy atom. The van der Waals surface area contributed by atoms with Gasteiger partial charge in [-0.05, 0) is 24.3 Å². The summed E-state index contributed by atoms with van der Waals surface area (Å²) in [6.07, 6.45) is 3.48. The van der Waals surface area contributed by atoms with E-state index in [1.54, 1.807) is 29.2 Å². The Morgan fingerprint density at radius 2 is 1.72 bits per heavy atom. The number of nitrogens with zero attached hydrogens (tertiary/aromatic N) is 5. The van der Waals surface area contributed by atoms with E-state index in [0.29, 0.717) is 42.9 Å². The fraction of sp³-hybridized carbons (Fsp3) is 0.381. The Balaban J connectivity index is 1.47. The molecule has 1 amide bonds. The van der Waals surface area contributed by atoms with Crippen molar-refractivity contribution in [1.82, 2.24) is 24.8 Å². The molecule has 1 aromatic heterocycles. The van der Waals surface area contributed by atoms with Crippen LogP contribution in [0.15, 0.2) is 54.1 Å². The number of benzene rings is 1. The summed E-state index contributed by atoms with van der Waals surface area (Å²) < 4.78 is 5.40. The molecule has 2 aromatic rings. The van der Waals surface area contributed by atoms with Crippen molar-refractivity contribution in [1.29, 1.82) is 0 Å². The first-order valence-corrected chi connectivity index (χ1v) is 9.99. The third-order valence-electron chi connectivity index (χ3n) is 4.80. The largest absolute Gasteiger partial charge is 0.338 e. The molecule has 0 bridgehead atoms. The summed E-state index contributed by atoms with van der Waals surface area (Å²) in [6.45, 7) is 12.8. The molecule has 1 aliphatic heterocycles. The molecule has 0 radical (unpaired) electrons. The Hall–Kier alpha value is -2.48. The first kappa shape index (κ1) is 21.2. The van der Waals surface area contributed by atoms with E-state index in [9.17, 15) is 4.79 Å². The van der Waals surface area contributed by atoms with Crippen LogP contribution in [0.25, 0.3) is 11.4 Å². The normalized spacial score (nSPS) is 15.2. The molecule has 0 N–H and O–H groups in total. The summed E-state index contributed by atoms with van der Waals surface area (Å²) in [7, 11) is 0. The van der Waals surface area contributed by atoms with E-state index in [4.69, 9.17) is 16.1 Å². The molecular weight excluding hydrogens is 390 g/mol. The van der Waals surface area contributed by atoms with Gasteiger partial charge in [-0.2, -0.15) is 4.98 Å². The van der Waals surface area contributed by atoms with Crippen LogP contribution in [0.1, 0.15) is 5.89 Å². The Kier molecular flexibility index (Phi) is 7.57. The Bertz CT molecular complexity index is 818. The third-order valence-corrected chi connectivity index (χ3v) is 5.06. The SMILES string of the molecule is C=CCN(CC=C)C(=O)CN1CCN(Cc2nc(-c3ccc(Cl)cc3)no2)CC1. The zero-order chi connectivity index (χ0) is 20.6. The number of hydrogen-bond acceptors (Lipinski definition) is 6. The second-order valence-corrected chi connectivity index (χ2v) is 7.38. The van der Waals surface area contributed by atoms with Crippen molar-refractivity contribution in [2.24, 2.45) is 0 Å². The number of amides is 1. The summed E-state index contributed by atoms with van der Waals surface area (Å²) in [4.78, 5) is 23.1. The summed E-state index contributed by atoms with van der Waals surface area (Å²) in [5.41, 5.74) is 0.872. The van der Waals surface area contributed by atoms with Crippen molar-refractivity contribution in [3.63, 3.8) is 0 Å². The highest BCUT2D eigenvalue weighted by molar-refractivity contribution is 6.30. The number of carbonyl (C=O) groups excluding carboxylic acids is 1. The van der Waals surface area contributed by atoms with Crippen molar-refractivity contribution in [3.8, 4) is 11.4 Å². The van der Waals surface area contributed by atoms with Crippen LogP contribution in [0.4, 0.5) is 0 Å². The molecule has 0 atom stereocenters. The van der Waals surface area contributed by atoms with Crippen LogP contribution in [-0.4, -0.2) is 76.6 Å². The van der Waals surface area contributed by atoms with E-state index in [1.807, 2.05) is 12.1 Å². The van der Waals surface area contributed by atoms with Crippen LogP contribution in [0.2, 0.25) is 5.02 Å². The van der Waals surface area contributed by atoms with Crippen LogP contribution in [0.5, 0.6) is 0 Å². The predicted molar refractivity (Wildman–Crippen MR) is 113 cm³/mol. The Morgan fingerprint density at radius 1 is 1.10 bits per heavy atom. The van der Waals surface area contributed by atoms with E-state index in [1.165, 1.54) is 0 Å². The molecule has 0 aliphatic carbocycles. The van der Waals surface area contributed by atoms with Gasteiger partial charge in [0, 0.05) is 49.9 Å². The van der Waals surface area contributed by atoms with Crippen molar-refractivity contribution in [3.05, 3.63) is 60.5 Å². The lowest BCUT2D eigenvalue weighted by Crippen LogP contribution is -2.49. The highest BCUT2D eigenvalue weighted by Gasteiger charge is 2.22. The molecular formula is C21H26ClN5O2. The van der Waals surface area contributed by atoms with Crippen LogP contribution >= 0.6 is 11.6 Å². The molecule has 2 heterocycles. The first-order valence-electron chi connectivity index (χ1n) is 9.62. The molecule has 0 saturated carbocycles. The molecule has 29 heavy (non-hydrogen) atoms. The molecule has 1 saturated heterocycles. The molecule has 7 nitrogen and oxygen atoms in total. The molecule has 0 unspecified atom stereocenters. The van der Waals surface area contributed by atoms with E-state index < -0.39 is 0 Å². The van der Waals surface area contributed by atoms with Gasteiger partial charge in [0.15, 0.2) is 0 Å². The molecule has 8 heteroatoms. The fourth-order valence-corrected chi connectivity index (χ4v) is 3.34. The lowest BCUT2D eigenvalue weighted by Gasteiger charge is -2.34. The highest BCUT2D eigenvalue weighted by Crippen LogP contribution is 2.19. The maximum absolute atomic E-state index is 12.5. The smallest absolute Gasteiger partial charge is 0.241 e. The van der Waals surface area contributed by atoms with Gasteiger partial charge in [-0.3, -0.25) is 14.6 Å². The van der Waals surface area contributed by atoms with Crippen LogP contribution in [0.3, 0.4) is 0 Å². The molecule has 1 aromatic carbocycles. The van der Waals surface area contributed by atoms with Gasteiger partial charge in [-0.1, -0.05) is 28.9 Å². The van der Waals surface area contributed by atoms with Gasteiger partial charge in [0.1, 0.15) is 0 Å². The molecule has 0 spiro atoms. The second-order valence-electron chi connectivity index (χ2n) is 6.95. The molecule has 1 aliphatic rings. The van der Waals surface area contributed by atoms with E-state index in [0.717, 1.165) is 31.7 Å². The van der Waals surface area contributed by atoms with Gasteiger partial charge in [-0.15, -0.1) is 13.2 Å². The van der Waals surface area contributed by atoms with E-state index in [2.05, 4.69) is 33.1 Å². The number of rotatable bonds is 9. The topological polar surface area (TPSA) is 65.7 Å². The van der Waals surface area contributed by atoms with Gasteiger partial charge >= 0.3 is 0 Å². The summed E-state index contributed by atoms with van der Waals surface area (Å²) in [6, 6.07) is 7.35. The van der Waals surface area contributed by atoms with Gasteiger partial charge in [0.25, 0.3) is 0 Å². The number of halogens is 1. The molecule has 154 valence electrons. The maximum Gasteiger partial charge on any atom is 0.241 e. The van der Waals surface area contributed by atoms with Gasteiger partial charge in [0.05, 0.1) is 13.1 Å². The number of piperazine rings is 1. The van der Waals surface area contributed by atoms with Crippen molar-refractivity contribution < 1.29 is 9.32 Å². The van der Waals surface area contributed by atoms with E-state index >= 15 is 0 Å². The zero-order valence-electron chi connectivity index (χ0n) is 16.5. The monoisotopic (exact) mass is 415 g/mol. The minimum atomic E-state index is 0.0998. The Labute approximate surface area is 176 Å². The summed E-state index contributed by atoms with van der Waals surface area (Å²) in [5.74, 6) is 1.25. The van der Waals surface area contributed by atoms with Gasteiger partial charge in [0.2, 0.25) is 17.6 Å². The lowest BCUT2D eigenvalue weighted by molar-refractivity contribution is -0.131. The van der Waals surface area contributed by atoms with Crippen LogP contribution in [-0.2, 0) is 11.3 Å². The van der Waals surface area contributed by atoms with Crippen molar-refractivity contribution >= 4 is 17.5 Å². The summed E-state index contributed by atoms with van der Waals surface area (Å²) in [5, 5.41) is 4.73. The molecule has 1 fully saturated rings. The average molecular weight is 416 g/mol. The molecule has 3 rings (SSSR count). The minimum absolute atomic E-state index is 0.0998. The van der Waals surface area contributed by atoms with Crippen molar-refractivity contribution in [2.45, 2.75) is 6.54 Å². The number of aromatic nitrogens is 2. The van der Waals surface area contributed by atoms with Crippen LogP contribution < -0.4 is 0 Å². The fourth-order valence-electron chi connectivity index (χ4n) is 3.21. The highest BCUT2D eigenvalue weighted by atomic mass is 35.5. The first-order chi connectivity index (χ1) is 14.1. The quantitative estimate of drug-likeness (QED) is 0.587. The third kappa shape index (κ3) is 6.00. The predicted octanol–water partition coefficient (Wildman–Crippen LogP) is 2.71. The average Bonchev–Trinajstić information content (AvgIpc) is 3.18. The summed E-state index contributed by atoms with van der Waals surface area (Å²) >= 11 is 5.92. The maximum atomic E-state index is 12.5. The lowest BCUT2D eigenvalue weighted by atomic mass is 10.2. The van der Waals surface area contributed by atoms with Gasteiger partial charge in [-0.25, -0.2) is 0 Å². The van der Waals surface area contributed by atoms with E-state index in [-0.39, 0.29) is 5.91 Å². The zero-order valence-corrected chi connectivity index (χ0v) is 17.2. The number of carbonyl (C=O) groups is 1. The standard InChI is InChI=1S/C21H26ClN5O2/c1-3-9-27(10-4-2)20(28)16-26-13-11-25(12-14-26)15-19-23-21(24-29-19)17-5-7-18(22)8-6-17/h3-8H,1-2,9-16H2. The minimum Gasteiger partial charge on any atom is -0.338 e.